The highest BCUT2D eigenvalue weighted by Crippen LogP contribution is 2.53. The Morgan fingerprint density at radius 3 is 1.92 bits per heavy atom. The summed E-state index contributed by atoms with van der Waals surface area (Å²) in [5.74, 6) is 2.04. The summed E-state index contributed by atoms with van der Waals surface area (Å²) in [4.78, 5) is 13.0. The molecule has 5 nitrogen and oxygen atoms in total. The summed E-state index contributed by atoms with van der Waals surface area (Å²) in [5, 5.41) is 0. The number of allylic oxidation sites excluding steroid dienone is 3. The van der Waals surface area contributed by atoms with Crippen LogP contribution in [0.4, 0.5) is 11.4 Å². The lowest BCUT2D eigenvalue weighted by molar-refractivity contribution is 0.593. The van der Waals surface area contributed by atoms with Crippen molar-refractivity contribution in [2.24, 2.45) is 0 Å². The Labute approximate surface area is 303 Å². The van der Waals surface area contributed by atoms with Gasteiger partial charge in [-0.05, 0) is 90.4 Å². The molecule has 0 amide bonds. The average molecular weight is 672 g/mol. The Morgan fingerprint density at radius 2 is 1.17 bits per heavy atom. The van der Waals surface area contributed by atoms with Gasteiger partial charge in [0.25, 0.3) is 0 Å². The van der Waals surface area contributed by atoms with Crippen LogP contribution in [0, 0.1) is 0 Å². The van der Waals surface area contributed by atoms with Crippen molar-refractivity contribution in [2.75, 3.05) is 4.90 Å². The smallest absolute Gasteiger partial charge is 0.145 e. The second-order valence-corrected chi connectivity index (χ2v) is 14.3. The third-order valence-electron chi connectivity index (χ3n) is 10.8. The van der Waals surface area contributed by atoms with Gasteiger partial charge < -0.3 is 4.90 Å². The van der Waals surface area contributed by atoms with Gasteiger partial charge in [0.15, 0.2) is 0 Å². The minimum atomic E-state index is -0.178. The van der Waals surface area contributed by atoms with Crippen molar-refractivity contribution in [3.63, 3.8) is 0 Å². The van der Waals surface area contributed by atoms with E-state index in [1.54, 1.807) is 0 Å². The maximum atomic E-state index is 5.30. The number of imidazole rings is 2. The molecule has 8 aromatic rings. The van der Waals surface area contributed by atoms with E-state index >= 15 is 0 Å². The molecule has 3 heterocycles. The third-order valence-corrected chi connectivity index (χ3v) is 10.8. The molecular weight excluding hydrogens is 635 g/mol. The van der Waals surface area contributed by atoms with Gasteiger partial charge in [-0.2, -0.15) is 0 Å². The van der Waals surface area contributed by atoms with Crippen LogP contribution in [0.2, 0.25) is 0 Å². The Kier molecular flexibility index (Phi) is 6.90. The van der Waals surface area contributed by atoms with Crippen molar-refractivity contribution in [2.45, 2.75) is 31.6 Å². The van der Waals surface area contributed by atoms with Gasteiger partial charge in [-0.15, -0.1) is 0 Å². The molecular formula is C47H37N5. The van der Waals surface area contributed by atoms with Crippen molar-refractivity contribution >= 4 is 33.4 Å². The zero-order valence-corrected chi connectivity index (χ0v) is 29.2. The van der Waals surface area contributed by atoms with Crippen LogP contribution in [0.15, 0.2) is 181 Å². The van der Waals surface area contributed by atoms with E-state index in [-0.39, 0.29) is 11.3 Å². The number of hydrogen-bond donors (Lipinski definition) is 0. The van der Waals surface area contributed by atoms with Crippen LogP contribution < -0.4 is 4.90 Å². The molecule has 0 fully saturated rings. The number of rotatable bonds is 5. The first-order valence-electron chi connectivity index (χ1n) is 18.0. The molecule has 6 aromatic carbocycles. The van der Waals surface area contributed by atoms with E-state index in [1.807, 2.05) is 0 Å². The quantitative estimate of drug-likeness (QED) is 0.183. The van der Waals surface area contributed by atoms with Crippen LogP contribution in [-0.2, 0) is 5.41 Å². The molecule has 1 unspecified atom stereocenters. The third kappa shape index (κ3) is 4.70. The van der Waals surface area contributed by atoms with Crippen LogP contribution in [0.5, 0.6) is 0 Å². The normalized spacial score (nSPS) is 16.3. The minimum absolute atomic E-state index is 0.0698. The Balaban J connectivity index is 1.17. The number of anilines is 2. The van der Waals surface area contributed by atoms with Crippen LogP contribution >= 0.6 is 0 Å². The van der Waals surface area contributed by atoms with Crippen LogP contribution in [0.1, 0.15) is 37.6 Å². The standard InChI is InChI=1S/C47H37N5/c1-47(2)37-22-9-12-25-41(37)50(36-21-15-16-32(30-36)45-48-39-23-10-13-26-42(39)51(45)34-17-5-3-6-18-34)44-31-33(28-29-38(44)47)46-49-40-24-11-14-27-43(40)52(46)35-19-7-4-8-20-35/h3-27,29-31,33H,28H2,1-2H3. The van der Waals surface area contributed by atoms with E-state index in [4.69, 9.17) is 9.97 Å². The van der Waals surface area contributed by atoms with E-state index in [0.717, 1.165) is 62.8 Å². The van der Waals surface area contributed by atoms with Crippen LogP contribution in [0.25, 0.3) is 44.8 Å². The fourth-order valence-corrected chi connectivity index (χ4v) is 8.38. The molecule has 1 aliphatic heterocycles. The molecule has 5 heteroatoms. The lowest BCUT2D eigenvalue weighted by Crippen LogP contribution is -2.37. The van der Waals surface area contributed by atoms with Crippen molar-refractivity contribution in [1.82, 2.24) is 19.1 Å². The monoisotopic (exact) mass is 671 g/mol. The predicted octanol–water partition coefficient (Wildman–Crippen LogP) is 11.5. The van der Waals surface area contributed by atoms with Gasteiger partial charge in [0.05, 0.1) is 27.8 Å². The van der Waals surface area contributed by atoms with Gasteiger partial charge in [0, 0.05) is 39.7 Å². The Morgan fingerprint density at radius 1 is 0.577 bits per heavy atom. The first kappa shape index (κ1) is 30.4. The average Bonchev–Trinajstić information content (AvgIpc) is 3.78. The number of benzene rings is 6. The minimum Gasteiger partial charge on any atom is -0.310 e. The number of aromatic nitrogens is 4. The first-order valence-corrected chi connectivity index (χ1v) is 18.0. The number of nitrogens with zero attached hydrogens (tertiary/aromatic N) is 5. The first-order chi connectivity index (χ1) is 25.6. The summed E-state index contributed by atoms with van der Waals surface area (Å²) < 4.78 is 4.62. The highest BCUT2D eigenvalue weighted by molar-refractivity contribution is 5.86. The van der Waals surface area contributed by atoms with E-state index in [2.05, 4.69) is 198 Å². The summed E-state index contributed by atoms with van der Waals surface area (Å²) in [5.41, 5.74) is 13.4. The van der Waals surface area contributed by atoms with Gasteiger partial charge in [-0.25, -0.2) is 9.97 Å². The van der Waals surface area contributed by atoms with Crippen LogP contribution in [-0.4, -0.2) is 19.1 Å². The molecule has 52 heavy (non-hydrogen) atoms. The maximum absolute atomic E-state index is 5.30. The summed E-state index contributed by atoms with van der Waals surface area (Å²) in [6.07, 6.45) is 5.81. The fraction of sp³-hybridized carbons (Fsp3) is 0.106. The number of hydrogen-bond acceptors (Lipinski definition) is 3. The highest BCUT2D eigenvalue weighted by atomic mass is 15.2. The topological polar surface area (TPSA) is 38.9 Å². The SMILES string of the molecule is CC1(C)C2=CCC(c3nc4ccccc4n3-c3ccccc3)C=C2N(c2cccc(-c3nc4ccccc4n3-c3ccccc3)c2)c2ccccc21. The van der Waals surface area contributed by atoms with Gasteiger partial charge in [0.2, 0.25) is 0 Å². The summed E-state index contributed by atoms with van der Waals surface area (Å²) >= 11 is 0. The lowest BCUT2D eigenvalue weighted by atomic mass is 9.69. The molecule has 10 rings (SSSR count). The van der Waals surface area contributed by atoms with Crippen molar-refractivity contribution in [3.05, 3.63) is 193 Å². The molecule has 0 saturated heterocycles. The highest BCUT2D eigenvalue weighted by Gasteiger charge is 2.41. The van der Waals surface area contributed by atoms with Crippen molar-refractivity contribution in [3.8, 4) is 22.8 Å². The second-order valence-electron chi connectivity index (χ2n) is 14.3. The molecule has 0 saturated carbocycles. The molecule has 2 aromatic heterocycles. The van der Waals surface area contributed by atoms with Gasteiger partial charge >= 0.3 is 0 Å². The molecule has 1 aliphatic carbocycles. The number of para-hydroxylation sites is 7. The molecule has 1 atom stereocenters. The molecule has 0 spiro atoms. The van der Waals surface area contributed by atoms with E-state index in [1.165, 1.54) is 22.5 Å². The molecule has 0 bridgehead atoms. The van der Waals surface area contributed by atoms with Crippen molar-refractivity contribution < 1.29 is 0 Å². The molecule has 0 N–H and O–H groups in total. The second kappa shape index (κ2) is 11.8. The Hall–Kier alpha value is -6.46. The zero-order chi connectivity index (χ0) is 34.8. The van der Waals surface area contributed by atoms with E-state index < -0.39 is 0 Å². The van der Waals surface area contributed by atoms with E-state index in [9.17, 15) is 0 Å². The molecule has 0 radical (unpaired) electrons. The van der Waals surface area contributed by atoms with Crippen molar-refractivity contribution in [1.29, 1.82) is 0 Å². The van der Waals surface area contributed by atoms with Gasteiger partial charge in [0.1, 0.15) is 11.6 Å². The molecule has 250 valence electrons. The zero-order valence-electron chi connectivity index (χ0n) is 29.2. The lowest BCUT2D eigenvalue weighted by Gasteiger charge is -2.46. The Bertz CT molecular complexity index is 2690. The van der Waals surface area contributed by atoms with E-state index in [0.29, 0.717) is 0 Å². The molecule has 2 aliphatic rings. The van der Waals surface area contributed by atoms with Crippen LogP contribution in [0.3, 0.4) is 0 Å². The summed E-state index contributed by atoms with van der Waals surface area (Å²) in [6, 6.07) is 55.8. The van der Waals surface area contributed by atoms with Gasteiger partial charge in [-0.1, -0.05) is 111 Å². The van der Waals surface area contributed by atoms with Gasteiger partial charge in [-0.3, -0.25) is 9.13 Å². The predicted molar refractivity (Wildman–Crippen MR) is 213 cm³/mol. The summed E-state index contributed by atoms with van der Waals surface area (Å²) in [7, 11) is 0. The number of fused-ring (bicyclic) bond motifs is 4. The fourth-order valence-electron chi connectivity index (χ4n) is 8.38. The maximum Gasteiger partial charge on any atom is 0.145 e. The largest absolute Gasteiger partial charge is 0.310 e. The summed E-state index contributed by atoms with van der Waals surface area (Å²) in [6.45, 7) is 4.72.